The molecule has 4 nitrogen and oxygen atoms in total. The molecule has 0 aromatic carbocycles. The maximum atomic E-state index is 12.1. The Hall–Kier alpha value is -1.29. The molecule has 2 heterocycles. The van der Waals surface area contributed by atoms with Crippen molar-refractivity contribution in [2.45, 2.75) is 38.8 Å². The molecule has 2 rings (SSSR count). The highest BCUT2D eigenvalue weighted by Crippen LogP contribution is 2.19. The molecule has 0 radical (unpaired) electrons. The van der Waals surface area contributed by atoms with Crippen LogP contribution in [0.1, 0.15) is 38.5 Å². The van der Waals surface area contributed by atoms with Gasteiger partial charge in [0.15, 0.2) is 0 Å². The smallest absolute Gasteiger partial charge is 0.223 e. The zero-order valence-electron chi connectivity index (χ0n) is 10.4. The Morgan fingerprint density at radius 2 is 2.47 bits per heavy atom. The molecule has 17 heavy (non-hydrogen) atoms. The van der Waals surface area contributed by atoms with Crippen molar-refractivity contribution in [2.75, 3.05) is 6.54 Å². The van der Waals surface area contributed by atoms with Gasteiger partial charge in [0.05, 0.1) is 12.3 Å². The van der Waals surface area contributed by atoms with Gasteiger partial charge in [0.2, 0.25) is 5.91 Å². The Bertz CT molecular complexity index is 362. The van der Waals surface area contributed by atoms with Crippen LogP contribution in [0.25, 0.3) is 0 Å². The lowest BCUT2D eigenvalue weighted by Crippen LogP contribution is -2.42. The predicted octanol–water partition coefficient (Wildman–Crippen LogP) is 1.84. The van der Waals surface area contributed by atoms with Crippen LogP contribution in [0.3, 0.4) is 0 Å². The van der Waals surface area contributed by atoms with Crippen LogP contribution >= 0.6 is 0 Å². The lowest BCUT2D eigenvalue weighted by Gasteiger charge is -2.27. The van der Waals surface area contributed by atoms with Crippen LogP contribution in [0.2, 0.25) is 0 Å². The SMILES string of the molecule is CC1CC(C(=O)NC(C)c2ccco2)CCN1. The highest BCUT2D eigenvalue weighted by molar-refractivity contribution is 5.79. The average Bonchev–Trinajstić information content (AvgIpc) is 2.82. The molecule has 1 fully saturated rings. The molecule has 1 aliphatic rings. The summed E-state index contributed by atoms with van der Waals surface area (Å²) in [6.07, 6.45) is 3.46. The van der Waals surface area contributed by atoms with Gasteiger partial charge >= 0.3 is 0 Å². The highest BCUT2D eigenvalue weighted by Gasteiger charge is 2.26. The van der Waals surface area contributed by atoms with E-state index in [1.165, 1.54) is 0 Å². The summed E-state index contributed by atoms with van der Waals surface area (Å²) in [5.74, 6) is 1.08. The molecule has 0 saturated carbocycles. The Labute approximate surface area is 102 Å². The highest BCUT2D eigenvalue weighted by atomic mass is 16.3. The Kier molecular flexibility index (Phi) is 3.84. The largest absolute Gasteiger partial charge is 0.467 e. The molecule has 0 aliphatic carbocycles. The number of carbonyl (C=O) groups is 1. The summed E-state index contributed by atoms with van der Waals surface area (Å²) >= 11 is 0. The van der Waals surface area contributed by atoms with Crippen molar-refractivity contribution in [1.29, 1.82) is 0 Å². The third-order valence-electron chi connectivity index (χ3n) is 3.32. The fourth-order valence-corrected chi connectivity index (χ4v) is 2.31. The van der Waals surface area contributed by atoms with Crippen molar-refractivity contribution in [3.8, 4) is 0 Å². The van der Waals surface area contributed by atoms with Crippen molar-refractivity contribution < 1.29 is 9.21 Å². The number of amides is 1. The summed E-state index contributed by atoms with van der Waals surface area (Å²) in [6.45, 7) is 4.99. The van der Waals surface area contributed by atoms with E-state index >= 15 is 0 Å². The second kappa shape index (κ2) is 5.36. The number of carbonyl (C=O) groups excluding carboxylic acids is 1. The van der Waals surface area contributed by atoms with E-state index in [9.17, 15) is 4.79 Å². The molecular formula is C13H20N2O2. The molecule has 1 aliphatic heterocycles. The Morgan fingerprint density at radius 1 is 1.65 bits per heavy atom. The molecular weight excluding hydrogens is 216 g/mol. The topological polar surface area (TPSA) is 54.3 Å². The summed E-state index contributed by atoms with van der Waals surface area (Å²) in [4.78, 5) is 12.1. The lowest BCUT2D eigenvalue weighted by molar-refractivity contribution is -0.126. The van der Waals surface area contributed by atoms with Crippen LogP contribution < -0.4 is 10.6 Å². The molecule has 0 bridgehead atoms. The second-order valence-corrected chi connectivity index (χ2v) is 4.82. The first-order chi connectivity index (χ1) is 8.16. The van der Waals surface area contributed by atoms with Gasteiger partial charge in [0, 0.05) is 12.0 Å². The van der Waals surface area contributed by atoms with Crippen LogP contribution in [0.15, 0.2) is 22.8 Å². The first kappa shape index (κ1) is 12.2. The molecule has 1 saturated heterocycles. The van der Waals surface area contributed by atoms with E-state index in [0.29, 0.717) is 6.04 Å². The van der Waals surface area contributed by atoms with Gasteiger partial charge in [-0.15, -0.1) is 0 Å². The van der Waals surface area contributed by atoms with E-state index in [0.717, 1.165) is 25.1 Å². The number of hydrogen-bond donors (Lipinski definition) is 2. The van der Waals surface area contributed by atoms with Gasteiger partial charge < -0.3 is 15.1 Å². The molecule has 1 amide bonds. The fourth-order valence-electron chi connectivity index (χ4n) is 2.31. The van der Waals surface area contributed by atoms with Gasteiger partial charge in [-0.2, -0.15) is 0 Å². The summed E-state index contributed by atoms with van der Waals surface area (Å²) in [5, 5.41) is 6.36. The van der Waals surface area contributed by atoms with Crippen molar-refractivity contribution in [1.82, 2.24) is 10.6 Å². The van der Waals surface area contributed by atoms with E-state index in [-0.39, 0.29) is 17.9 Å². The lowest BCUT2D eigenvalue weighted by atomic mass is 9.92. The zero-order valence-corrected chi connectivity index (χ0v) is 10.4. The fraction of sp³-hybridized carbons (Fsp3) is 0.615. The van der Waals surface area contributed by atoms with Gasteiger partial charge in [0.1, 0.15) is 5.76 Å². The van der Waals surface area contributed by atoms with Crippen molar-refractivity contribution >= 4 is 5.91 Å². The number of nitrogens with one attached hydrogen (secondary N) is 2. The molecule has 4 heteroatoms. The number of rotatable bonds is 3. The molecule has 1 aromatic heterocycles. The van der Waals surface area contributed by atoms with Crippen LogP contribution in [0.5, 0.6) is 0 Å². The molecule has 3 unspecified atom stereocenters. The first-order valence-electron chi connectivity index (χ1n) is 6.24. The van der Waals surface area contributed by atoms with Gasteiger partial charge in [0.25, 0.3) is 0 Å². The van der Waals surface area contributed by atoms with Gasteiger partial charge in [-0.25, -0.2) is 0 Å². The van der Waals surface area contributed by atoms with E-state index in [4.69, 9.17) is 4.42 Å². The average molecular weight is 236 g/mol. The molecule has 2 N–H and O–H groups in total. The zero-order chi connectivity index (χ0) is 12.3. The minimum absolute atomic E-state index is 0.0531. The van der Waals surface area contributed by atoms with Gasteiger partial charge in [-0.05, 0) is 45.4 Å². The van der Waals surface area contributed by atoms with Gasteiger partial charge in [-0.1, -0.05) is 0 Å². The second-order valence-electron chi connectivity index (χ2n) is 4.82. The van der Waals surface area contributed by atoms with E-state index < -0.39 is 0 Å². The molecule has 3 atom stereocenters. The van der Waals surface area contributed by atoms with Crippen LogP contribution in [0, 0.1) is 5.92 Å². The van der Waals surface area contributed by atoms with E-state index in [1.807, 2.05) is 19.1 Å². The maximum Gasteiger partial charge on any atom is 0.223 e. The third kappa shape index (κ3) is 3.09. The minimum Gasteiger partial charge on any atom is -0.467 e. The van der Waals surface area contributed by atoms with Crippen molar-refractivity contribution in [3.05, 3.63) is 24.2 Å². The monoisotopic (exact) mass is 236 g/mol. The molecule has 1 aromatic rings. The molecule has 94 valence electrons. The van der Waals surface area contributed by atoms with Crippen molar-refractivity contribution in [2.24, 2.45) is 5.92 Å². The minimum atomic E-state index is -0.0531. The quantitative estimate of drug-likeness (QED) is 0.842. The Morgan fingerprint density at radius 3 is 3.12 bits per heavy atom. The number of hydrogen-bond acceptors (Lipinski definition) is 3. The van der Waals surface area contributed by atoms with Gasteiger partial charge in [-0.3, -0.25) is 4.79 Å². The van der Waals surface area contributed by atoms with Crippen LogP contribution in [0.4, 0.5) is 0 Å². The third-order valence-corrected chi connectivity index (χ3v) is 3.32. The summed E-state index contributed by atoms with van der Waals surface area (Å²) in [5.41, 5.74) is 0. The maximum absolute atomic E-state index is 12.1. The summed E-state index contributed by atoms with van der Waals surface area (Å²) in [7, 11) is 0. The predicted molar refractivity (Wildman–Crippen MR) is 65.5 cm³/mol. The summed E-state index contributed by atoms with van der Waals surface area (Å²) in [6, 6.07) is 4.10. The number of piperidine rings is 1. The molecule has 0 spiro atoms. The summed E-state index contributed by atoms with van der Waals surface area (Å²) < 4.78 is 5.28. The van der Waals surface area contributed by atoms with Crippen molar-refractivity contribution in [3.63, 3.8) is 0 Å². The number of furan rings is 1. The first-order valence-corrected chi connectivity index (χ1v) is 6.24. The van der Waals surface area contributed by atoms with Crippen LogP contribution in [-0.4, -0.2) is 18.5 Å². The van der Waals surface area contributed by atoms with E-state index in [2.05, 4.69) is 17.6 Å². The standard InChI is InChI=1S/C13H20N2O2/c1-9-8-11(5-6-14-9)13(16)15-10(2)12-4-3-7-17-12/h3-4,7,9-11,14H,5-6,8H2,1-2H3,(H,15,16). The Balaban J connectivity index is 1.88. The van der Waals surface area contributed by atoms with E-state index in [1.54, 1.807) is 6.26 Å². The van der Waals surface area contributed by atoms with Crippen LogP contribution in [-0.2, 0) is 4.79 Å². The normalized spacial score (nSPS) is 26.5.